The highest BCUT2D eigenvalue weighted by molar-refractivity contribution is 7.93. The third-order valence-electron chi connectivity index (χ3n) is 4.08. The summed E-state index contributed by atoms with van der Waals surface area (Å²) in [5.41, 5.74) is -5.58. The minimum atomic E-state index is -5.71. The summed E-state index contributed by atoms with van der Waals surface area (Å²) in [5, 5.41) is 8.86. The number of nitrogens with zero attached hydrogens (tertiary/aromatic N) is 1. The van der Waals surface area contributed by atoms with Gasteiger partial charge in [-0.25, -0.2) is 16.8 Å². The van der Waals surface area contributed by atoms with Gasteiger partial charge in [0.15, 0.2) is 5.75 Å². The summed E-state index contributed by atoms with van der Waals surface area (Å²) in [6, 6.07) is 16.4. The molecule has 0 aliphatic carbocycles. The van der Waals surface area contributed by atoms with E-state index in [4.69, 9.17) is 10.00 Å². The van der Waals surface area contributed by atoms with Gasteiger partial charge in [-0.1, -0.05) is 18.2 Å². The first-order chi connectivity index (χ1) is 14.9. The maximum atomic E-state index is 13.0. The van der Waals surface area contributed by atoms with Crippen LogP contribution in [0.3, 0.4) is 0 Å². The summed E-state index contributed by atoms with van der Waals surface area (Å²) in [6.07, 6.45) is 0. The fourth-order valence-corrected chi connectivity index (χ4v) is 4.37. The fraction of sp³-hybridized carbons (Fsp3) is 0.0500. The molecule has 3 aromatic carbocycles. The van der Waals surface area contributed by atoms with Gasteiger partial charge in [-0.3, -0.25) is 4.72 Å². The summed E-state index contributed by atoms with van der Waals surface area (Å²) in [4.78, 5) is -1.26. The zero-order chi connectivity index (χ0) is 23.6. The third kappa shape index (κ3) is 4.84. The molecule has 0 radical (unpaired) electrons. The van der Waals surface area contributed by atoms with Crippen LogP contribution in [-0.2, 0) is 19.9 Å². The van der Waals surface area contributed by atoms with Crippen molar-refractivity contribution < 1.29 is 34.7 Å². The molecule has 0 fully saturated rings. The van der Waals surface area contributed by atoms with E-state index >= 15 is 0 Å². The number of nitrogens with one attached hydrogen (secondary N) is 1. The van der Waals surface area contributed by atoms with Crippen LogP contribution in [0.2, 0.25) is 0 Å². The molecule has 32 heavy (non-hydrogen) atoms. The zero-order valence-electron chi connectivity index (χ0n) is 15.9. The van der Waals surface area contributed by atoms with Crippen LogP contribution in [0.4, 0.5) is 18.9 Å². The average molecular weight is 482 g/mol. The van der Waals surface area contributed by atoms with Gasteiger partial charge in [-0.2, -0.15) is 18.4 Å². The van der Waals surface area contributed by atoms with E-state index in [9.17, 15) is 30.0 Å². The molecule has 12 heteroatoms. The molecule has 0 unspecified atom stereocenters. The van der Waals surface area contributed by atoms with Crippen molar-refractivity contribution in [1.29, 1.82) is 5.26 Å². The van der Waals surface area contributed by atoms with E-state index in [2.05, 4.69) is 4.72 Å². The highest BCUT2D eigenvalue weighted by Gasteiger charge is 2.47. The van der Waals surface area contributed by atoms with Gasteiger partial charge in [0.2, 0.25) is 0 Å². The Bertz CT molecular complexity index is 1380. The lowest BCUT2D eigenvalue weighted by atomic mass is 10.2. The molecule has 0 aliphatic heterocycles. The van der Waals surface area contributed by atoms with Gasteiger partial charge in [0, 0.05) is 6.07 Å². The first-order valence-corrected chi connectivity index (χ1v) is 11.6. The minimum Gasteiger partial charge on any atom is -0.455 e. The molecule has 0 heterocycles. The van der Waals surface area contributed by atoms with Crippen molar-refractivity contribution in [3.8, 4) is 17.6 Å². The van der Waals surface area contributed by atoms with Crippen LogP contribution in [0.15, 0.2) is 82.6 Å². The first-order valence-electron chi connectivity index (χ1n) is 8.65. The van der Waals surface area contributed by atoms with Gasteiger partial charge in [0.1, 0.15) is 5.75 Å². The fourth-order valence-electron chi connectivity index (χ4n) is 2.50. The average Bonchev–Trinajstić information content (AvgIpc) is 2.75. The lowest BCUT2D eigenvalue weighted by Gasteiger charge is -2.16. The van der Waals surface area contributed by atoms with Crippen LogP contribution in [-0.4, -0.2) is 22.3 Å². The Morgan fingerprint density at radius 3 is 2.03 bits per heavy atom. The van der Waals surface area contributed by atoms with Gasteiger partial charge in [0.25, 0.3) is 19.9 Å². The number of benzene rings is 3. The Labute approximate surface area is 181 Å². The van der Waals surface area contributed by atoms with Crippen LogP contribution < -0.4 is 9.46 Å². The first kappa shape index (κ1) is 23.1. The third-order valence-corrected chi connectivity index (χ3v) is 6.94. The molecule has 0 spiro atoms. The molecule has 1 N–H and O–H groups in total. The van der Waals surface area contributed by atoms with E-state index in [1.165, 1.54) is 48.5 Å². The lowest BCUT2D eigenvalue weighted by Crippen LogP contribution is -2.23. The molecule has 166 valence electrons. The van der Waals surface area contributed by atoms with Crippen LogP contribution in [0.5, 0.6) is 11.5 Å². The van der Waals surface area contributed by atoms with Crippen LogP contribution >= 0.6 is 0 Å². The van der Waals surface area contributed by atoms with Gasteiger partial charge >= 0.3 is 5.51 Å². The summed E-state index contributed by atoms with van der Waals surface area (Å²) in [7, 11) is -9.88. The molecular formula is C20H13F3N2O5S2. The van der Waals surface area contributed by atoms with E-state index in [0.717, 1.165) is 6.07 Å². The molecule has 3 rings (SSSR count). The predicted molar refractivity (Wildman–Crippen MR) is 108 cm³/mol. The highest BCUT2D eigenvalue weighted by Crippen LogP contribution is 2.37. The van der Waals surface area contributed by atoms with Crippen molar-refractivity contribution in [2.75, 3.05) is 4.72 Å². The van der Waals surface area contributed by atoms with Crippen molar-refractivity contribution in [2.45, 2.75) is 15.3 Å². The van der Waals surface area contributed by atoms with E-state index in [1.807, 2.05) is 6.07 Å². The summed E-state index contributed by atoms with van der Waals surface area (Å²) in [6.45, 7) is 0. The van der Waals surface area contributed by atoms with Gasteiger partial charge in [-0.15, -0.1) is 0 Å². The monoisotopic (exact) mass is 482 g/mol. The number of ether oxygens (including phenoxy) is 1. The Balaban J connectivity index is 2.08. The Hall–Kier alpha value is -3.56. The molecule has 0 saturated heterocycles. The smallest absolute Gasteiger partial charge is 0.455 e. The Morgan fingerprint density at radius 2 is 1.47 bits per heavy atom. The molecule has 0 aromatic heterocycles. The number of alkyl halides is 3. The van der Waals surface area contributed by atoms with E-state index in [1.54, 1.807) is 6.07 Å². The van der Waals surface area contributed by atoms with Crippen molar-refractivity contribution in [3.63, 3.8) is 0 Å². The quantitative estimate of drug-likeness (QED) is 0.556. The second-order valence-corrected chi connectivity index (χ2v) is 9.89. The molecule has 0 aliphatic rings. The number of nitriles is 1. The number of anilines is 1. The predicted octanol–water partition coefficient (Wildman–Crippen LogP) is 4.44. The number of rotatable bonds is 6. The highest BCUT2D eigenvalue weighted by atomic mass is 32.2. The van der Waals surface area contributed by atoms with E-state index < -0.39 is 36.0 Å². The van der Waals surface area contributed by atoms with E-state index in [0.29, 0.717) is 12.1 Å². The summed E-state index contributed by atoms with van der Waals surface area (Å²) in [5.74, 6) is -0.453. The minimum absolute atomic E-state index is 0.0331. The number of halogens is 3. The van der Waals surface area contributed by atoms with Crippen molar-refractivity contribution in [3.05, 3.63) is 78.4 Å². The summed E-state index contributed by atoms with van der Waals surface area (Å²) < 4.78 is 95.5. The Morgan fingerprint density at radius 1 is 0.844 bits per heavy atom. The number of hydrogen-bond acceptors (Lipinski definition) is 6. The standard InChI is InChI=1S/C20H13F3N2O5S2/c21-20(22,23)31(26,27)17-10-11-18(25-32(28,29)16-4-2-1-3-5-16)19(12-17)30-15-8-6-14(13-24)7-9-15/h1-12,25H. The number of hydrogen-bond donors (Lipinski definition) is 1. The van der Waals surface area contributed by atoms with Gasteiger partial charge in [-0.05, 0) is 48.5 Å². The van der Waals surface area contributed by atoms with Gasteiger partial charge in [0.05, 0.1) is 27.1 Å². The largest absolute Gasteiger partial charge is 0.501 e. The summed E-state index contributed by atoms with van der Waals surface area (Å²) >= 11 is 0. The van der Waals surface area contributed by atoms with Crippen molar-refractivity contribution in [2.24, 2.45) is 0 Å². The molecule has 0 saturated carbocycles. The molecule has 3 aromatic rings. The molecule has 0 amide bonds. The van der Waals surface area contributed by atoms with Crippen LogP contribution in [0.1, 0.15) is 5.56 Å². The number of sulfonamides is 1. The maximum Gasteiger partial charge on any atom is 0.501 e. The molecule has 7 nitrogen and oxygen atoms in total. The van der Waals surface area contributed by atoms with Crippen molar-refractivity contribution in [1.82, 2.24) is 0 Å². The second-order valence-electron chi connectivity index (χ2n) is 6.26. The number of sulfone groups is 1. The normalized spacial score (nSPS) is 12.1. The molecule has 0 bridgehead atoms. The van der Waals surface area contributed by atoms with Gasteiger partial charge < -0.3 is 4.74 Å². The van der Waals surface area contributed by atoms with Crippen LogP contribution in [0, 0.1) is 11.3 Å². The topological polar surface area (TPSA) is 113 Å². The van der Waals surface area contributed by atoms with Crippen molar-refractivity contribution >= 4 is 25.5 Å². The molecular weight excluding hydrogens is 469 g/mol. The second kappa shape index (κ2) is 8.52. The lowest BCUT2D eigenvalue weighted by molar-refractivity contribution is -0.0436. The zero-order valence-corrected chi connectivity index (χ0v) is 17.5. The van der Waals surface area contributed by atoms with Crippen LogP contribution in [0.25, 0.3) is 0 Å². The maximum absolute atomic E-state index is 13.0. The molecule has 0 atom stereocenters. The SMILES string of the molecule is N#Cc1ccc(Oc2cc(S(=O)(=O)C(F)(F)F)ccc2NS(=O)(=O)c2ccccc2)cc1. The Kier molecular flexibility index (Phi) is 6.16. The van der Waals surface area contributed by atoms with E-state index in [-0.39, 0.29) is 21.9 Å².